The number of hydrogen-bond acceptors (Lipinski definition) is 5. The summed E-state index contributed by atoms with van der Waals surface area (Å²) in [6.07, 6.45) is 0.743. The largest absolute Gasteiger partial charge is 0.508 e. The first kappa shape index (κ1) is 17.7. The number of likely N-dealkylation sites (tertiary alicyclic amines) is 1. The third-order valence-electron chi connectivity index (χ3n) is 5.31. The lowest BCUT2D eigenvalue weighted by atomic mass is 9.91. The van der Waals surface area contributed by atoms with Crippen LogP contribution in [-0.4, -0.2) is 39.4 Å². The average molecular weight is 365 g/mol. The number of imide groups is 1. The number of aromatic hydroxyl groups is 1. The van der Waals surface area contributed by atoms with Crippen molar-refractivity contribution in [3.05, 3.63) is 65.7 Å². The lowest BCUT2D eigenvalue weighted by molar-refractivity contribution is -0.141. The van der Waals surface area contributed by atoms with E-state index in [1.807, 2.05) is 42.3 Å². The third-order valence-corrected chi connectivity index (χ3v) is 5.31. The van der Waals surface area contributed by atoms with Crippen LogP contribution in [0.5, 0.6) is 5.75 Å². The van der Waals surface area contributed by atoms with Gasteiger partial charge in [0.25, 0.3) is 0 Å². The molecule has 0 saturated carbocycles. The molecule has 2 aromatic rings. The molecule has 0 aromatic heterocycles. The van der Waals surface area contributed by atoms with Gasteiger partial charge in [0.1, 0.15) is 11.8 Å². The zero-order valence-corrected chi connectivity index (χ0v) is 15.2. The Kier molecular flexibility index (Phi) is 4.68. The molecule has 2 aliphatic heterocycles. The van der Waals surface area contributed by atoms with Crippen LogP contribution in [0.1, 0.15) is 30.5 Å². The van der Waals surface area contributed by atoms with Crippen LogP contribution in [0.3, 0.4) is 0 Å². The number of phenols is 1. The van der Waals surface area contributed by atoms with Crippen molar-refractivity contribution in [2.45, 2.75) is 32.0 Å². The van der Waals surface area contributed by atoms with Gasteiger partial charge in [-0.05, 0) is 29.7 Å². The van der Waals surface area contributed by atoms with Gasteiger partial charge >= 0.3 is 0 Å². The number of hydrogen-bond donors (Lipinski definition) is 2. The predicted octanol–water partition coefficient (Wildman–Crippen LogP) is 2.22. The summed E-state index contributed by atoms with van der Waals surface area (Å²) in [7, 11) is 0. The summed E-state index contributed by atoms with van der Waals surface area (Å²) in [6, 6.07) is 15.9. The maximum absolute atomic E-state index is 13.0. The van der Waals surface area contributed by atoms with Crippen LogP contribution in [0.2, 0.25) is 0 Å². The number of benzene rings is 2. The van der Waals surface area contributed by atoms with Gasteiger partial charge in [0.05, 0.1) is 12.0 Å². The molecule has 0 bridgehead atoms. The van der Waals surface area contributed by atoms with Crippen LogP contribution in [0.4, 0.5) is 0 Å². The van der Waals surface area contributed by atoms with Crippen molar-refractivity contribution in [3.8, 4) is 5.75 Å². The Morgan fingerprint density at radius 3 is 2.37 bits per heavy atom. The molecule has 6 nitrogen and oxygen atoms in total. The van der Waals surface area contributed by atoms with Crippen LogP contribution in [0, 0.1) is 5.92 Å². The molecule has 2 fully saturated rings. The molecule has 0 radical (unpaired) electrons. The number of amides is 2. The van der Waals surface area contributed by atoms with Crippen LogP contribution in [0.25, 0.3) is 0 Å². The van der Waals surface area contributed by atoms with Crippen LogP contribution in [0.15, 0.2) is 54.6 Å². The van der Waals surface area contributed by atoms with Crippen LogP contribution < -0.4 is 5.43 Å². The van der Waals surface area contributed by atoms with Gasteiger partial charge in [-0.1, -0.05) is 49.4 Å². The highest BCUT2D eigenvalue weighted by Crippen LogP contribution is 2.41. The van der Waals surface area contributed by atoms with E-state index in [9.17, 15) is 14.7 Å². The third kappa shape index (κ3) is 3.11. The summed E-state index contributed by atoms with van der Waals surface area (Å²) >= 11 is 0. The van der Waals surface area contributed by atoms with Gasteiger partial charge in [-0.3, -0.25) is 14.5 Å². The van der Waals surface area contributed by atoms with E-state index in [-0.39, 0.29) is 23.6 Å². The maximum atomic E-state index is 13.0. The second-order valence-electron chi connectivity index (χ2n) is 7.11. The number of nitrogens with one attached hydrogen (secondary N) is 1. The number of fused-ring (bicyclic) bond motifs is 1. The number of nitrogens with zero attached hydrogens (tertiary/aromatic N) is 2. The summed E-state index contributed by atoms with van der Waals surface area (Å²) in [5.74, 6) is -0.530. The van der Waals surface area contributed by atoms with Gasteiger partial charge in [-0.2, -0.15) is 0 Å². The molecule has 2 aliphatic rings. The normalized spacial score (nSPS) is 25.2. The molecule has 3 atom stereocenters. The standard InChI is InChI=1S/C21H23N3O3/c1-2-12-23-20(26)17-18(15-8-10-16(25)11-9-15)22-24(19(17)21(23)27)13-14-6-4-3-5-7-14/h3-11,17-19,22,25H,2,12-13H2,1H3/t17-,18-,19+/m1/s1. The number of hydrazine groups is 1. The number of carbonyl (C=O) groups is 2. The van der Waals surface area contributed by atoms with Gasteiger partial charge < -0.3 is 5.11 Å². The second kappa shape index (κ2) is 7.13. The maximum Gasteiger partial charge on any atom is 0.248 e. The summed E-state index contributed by atoms with van der Waals surface area (Å²) in [5.41, 5.74) is 5.34. The van der Waals surface area contributed by atoms with Crippen molar-refractivity contribution in [2.24, 2.45) is 5.92 Å². The van der Waals surface area contributed by atoms with Crippen molar-refractivity contribution in [1.29, 1.82) is 0 Å². The molecule has 0 aliphatic carbocycles. The van der Waals surface area contributed by atoms with E-state index in [4.69, 9.17) is 0 Å². The Morgan fingerprint density at radius 2 is 1.70 bits per heavy atom. The zero-order chi connectivity index (χ0) is 19.0. The SMILES string of the molecule is CCCN1C(=O)[C@@H]2[C@@H](c3ccc(O)cc3)NN(Cc3ccccc3)[C@@H]2C1=O. The van der Waals surface area contributed by atoms with E-state index >= 15 is 0 Å². The number of rotatable bonds is 5. The summed E-state index contributed by atoms with van der Waals surface area (Å²) in [4.78, 5) is 27.4. The molecule has 27 heavy (non-hydrogen) atoms. The lowest BCUT2D eigenvalue weighted by Crippen LogP contribution is -2.45. The summed E-state index contributed by atoms with van der Waals surface area (Å²) in [5, 5.41) is 11.5. The summed E-state index contributed by atoms with van der Waals surface area (Å²) in [6.45, 7) is 2.95. The van der Waals surface area contributed by atoms with Gasteiger partial charge in [-0.15, -0.1) is 0 Å². The monoisotopic (exact) mass is 365 g/mol. The van der Waals surface area contributed by atoms with E-state index in [0.29, 0.717) is 13.1 Å². The molecule has 6 heteroatoms. The van der Waals surface area contributed by atoms with Crippen LogP contribution in [-0.2, 0) is 16.1 Å². The molecular formula is C21H23N3O3. The van der Waals surface area contributed by atoms with Gasteiger partial charge in [0, 0.05) is 13.1 Å². The molecule has 2 amide bonds. The van der Waals surface area contributed by atoms with Crippen molar-refractivity contribution in [3.63, 3.8) is 0 Å². The summed E-state index contributed by atoms with van der Waals surface area (Å²) < 4.78 is 0. The Bertz CT molecular complexity index is 838. The van der Waals surface area contributed by atoms with Gasteiger partial charge in [0.2, 0.25) is 11.8 Å². The minimum absolute atomic E-state index is 0.118. The molecule has 0 spiro atoms. The Balaban J connectivity index is 1.68. The first-order chi connectivity index (χ1) is 13.1. The van der Waals surface area contributed by atoms with Crippen LogP contribution >= 0.6 is 0 Å². The lowest BCUT2D eigenvalue weighted by Gasteiger charge is -2.25. The average Bonchev–Trinajstić information content (AvgIpc) is 3.16. The minimum Gasteiger partial charge on any atom is -0.508 e. The van der Waals surface area contributed by atoms with Crippen molar-refractivity contribution >= 4 is 11.8 Å². The highest BCUT2D eigenvalue weighted by Gasteiger charge is 2.58. The molecule has 2 aromatic carbocycles. The van der Waals surface area contributed by atoms with E-state index in [0.717, 1.165) is 17.5 Å². The Labute approximate surface area is 158 Å². The van der Waals surface area contributed by atoms with Crippen molar-refractivity contribution < 1.29 is 14.7 Å². The van der Waals surface area contributed by atoms with Gasteiger partial charge in [0.15, 0.2) is 0 Å². The topological polar surface area (TPSA) is 72.9 Å². The molecule has 2 N–H and O–H groups in total. The van der Waals surface area contributed by atoms with Crippen molar-refractivity contribution in [1.82, 2.24) is 15.3 Å². The highest BCUT2D eigenvalue weighted by atomic mass is 16.3. The molecule has 2 heterocycles. The van der Waals surface area contributed by atoms with Crippen molar-refractivity contribution in [2.75, 3.05) is 6.54 Å². The van der Waals surface area contributed by atoms with E-state index in [1.54, 1.807) is 24.3 Å². The first-order valence-corrected chi connectivity index (χ1v) is 9.31. The second-order valence-corrected chi connectivity index (χ2v) is 7.11. The molecular weight excluding hydrogens is 342 g/mol. The fraction of sp³-hybridized carbons (Fsp3) is 0.333. The minimum atomic E-state index is -0.511. The molecule has 0 unspecified atom stereocenters. The Hall–Kier alpha value is -2.70. The van der Waals surface area contributed by atoms with Gasteiger partial charge in [-0.25, -0.2) is 10.4 Å². The van der Waals surface area contributed by atoms with E-state index in [2.05, 4.69) is 5.43 Å². The predicted molar refractivity (Wildman–Crippen MR) is 100 cm³/mol. The fourth-order valence-electron chi connectivity index (χ4n) is 4.06. The number of phenolic OH excluding ortho intramolecular Hbond substituents is 1. The number of carbonyl (C=O) groups excluding carboxylic acids is 2. The molecule has 140 valence electrons. The zero-order valence-electron chi connectivity index (χ0n) is 15.2. The fourth-order valence-corrected chi connectivity index (χ4v) is 4.06. The highest BCUT2D eigenvalue weighted by molar-refractivity contribution is 6.07. The first-order valence-electron chi connectivity index (χ1n) is 9.31. The molecule has 4 rings (SSSR count). The van der Waals surface area contributed by atoms with E-state index < -0.39 is 12.0 Å². The Morgan fingerprint density at radius 1 is 1.00 bits per heavy atom. The quantitative estimate of drug-likeness (QED) is 0.795. The molecule has 2 saturated heterocycles. The van der Waals surface area contributed by atoms with E-state index in [1.165, 1.54) is 4.90 Å². The smallest absolute Gasteiger partial charge is 0.248 e.